The van der Waals surface area contributed by atoms with Gasteiger partial charge >= 0.3 is 12.0 Å². The number of aliphatic carboxylic acids is 1. The van der Waals surface area contributed by atoms with Crippen molar-refractivity contribution in [1.29, 1.82) is 0 Å². The Kier molecular flexibility index (Phi) is 5.69. The Balaban J connectivity index is 4.41. The van der Waals surface area contributed by atoms with Gasteiger partial charge in [0.25, 0.3) is 6.43 Å². The fourth-order valence-corrected chi connectivity index (χ4v) is 1.21. The molecule has 0 bridgehead atoms. The van der Waals surface area contributed by atoms with Gasteiger partial charge in [-0.15, -0.1) is 0 Å². The van der Waals surface area contributed by atoms with Crippen molar-refractivity contribution in [2.24, 2.45) is 0 Å². The van der Waals surface area contributed by atoms with Crippen molar-refractivity contribution in [2.45, 2.75) is 38.7 Å². The number of urea groups is 1. The molecule has 3 N–H and O–H groups in total. The standard InChI is InChI=1S/C9H16F2N2O3/c1-3-9(4-2,7(14)15)13-8(16)12-5-6(10)11/h6H,3-5H2,1-2H3,(H,14,15)(H2,12,13,16). The number of rotatable bonds is 6. The first-order valence-corrected chi connectivity index (χ1v) is 4.95. The molecule has 0 unspecified atom stereocenters. The maximum atomic E-state index is 11.8. The van der Waals surface area contributed by atoms with E-state index in [0.29, 0.717) is 0 Å². The van der Waals surface area contributed by atoms with Gasteiger partial charge < -0.3 is 15.7 Å². The predicted molar refractivity (Wildman–Crippen MR) is 53.5 cm³/mol. The lowest BCUT2D eigenvalue weighted by Gasteiger charge is -2.27. The zero-order valence-electron chi connectivity index (χ0n) is 9.22. The fraction of sp³-hybridized carbons (Fsp3) is 0.778. The minimum atomic E-state index is -2.66. The average molecular weight is 238 g/mol. The van der Waals surface area contributed by atoms with Crippen molar-refractivity contribution >= 4 is 12.0 Å². The summed E-state index contributed by atoms with van der Waals surface area (Å²) in [6, 6.07) is -0.897. The summed E-state index contributed by atoms with van der Waals surface area (Å²) in [5.74, 6) is -1.18. The van der Waals surface area contributed by atoms with E-state index in [1.165, 1.54) is 0 Å². The Morgan fingerprint density at radius 2 is 1.81 bits per heavy atom. The Bertz CT molecular complexity index is 255. The Labute approximate surface area is 92.2 Å². The number of carboxylic acid groups (broad SMARTS) is 1. The molecule has 5 nitrogen and oxygen atoms in total. The quantitative estimate of drug-likeness (QED) is 0.650. The van der Waals surface area contributed by atoms with Crippen LogP contribution in [0, 0.1) is 0 Å². The summed E-state index contributed by atoms with van der Waals surface area (Å²) < 4.78 is 23.6. The van der Waals surface area contributed by atoms with Crippen molar-refractivity contribution < 1.29 is 23.5 Å². The zero-order chi connectivity index (χ0) is 12.8. The second kappa shape index (κ2) is 6.24. The zero-order valence-corrected chi connectivity index (χ0v) is 9.22. The molecule has 0 saturated heterocycles. The number of halogens is 2. The highest BCUT2D eigenvalue weighted by Crippen LogP contribution is 2.15. The molecule has 0 rings (SSSR count). The van der Waals surface area contributed by atoms with E-state index in [-0.39, 0.29) is 12.8 Å². The van der Waals surface area contributed by atoms with Crippen LogP contribution in [0.4, 0.5) is 13.6 Å². The van der Waals surface area contributed by atoms with Gasteiger partial charge in [-0.1, -0.05) is 13.8 Å². The SMILES string of the molecule is CCC(CC)(NC(=O)NCC(F)F)C(=O)O. The number of carboxylic acids is 1. The van der Waals surface area contributed by atoms with Gasteiger partial charge in [0, 0.05) is 0 Å². The fourth-order valence-electron chi connectivity index (χ4n) is 1.21. The molecule has 0 aromatic heterocycles. The first-order valence-electron chi connectivity index (χ1n) is 4.95. The molecule has 0 aliphatic rings. The van der Waals surface area contributed by atoms with Crippen LogP contribution in [0.1, 0.15) is 26.7 Å². The van der Waals surface area contributed by atoms with Crippen molar-refractivity contribution in [1.82, 2.24) is 10.6 Å². The lowest BCUT2D eigenvalue weighted by atomic mass is 9.93. The van der Waals surface area contributed by atoms with E-state index in [2.05, 4.69) is 5.32 Å². The second-order valence-electron chi connectivity index (χ2n) is 3.32. The van der Waals surface area contributed by atoms with Gasteiger partial charge in [-0.25, -0.2) is 18.4 Å². The number of carbonyl (C=O) groups is 2. The number of amides is 2. The molecule has 16 heavy (non-hydrogen) atoms. The van der Waals surface area contributed by atoms with Gasteiger partial charge in [-0.3, -0.25) is 0 Å². The number of hydrogen-bond acceptors (Lipinski definition) is 2. The van der Waals surface area contributed by atoms with Gasteiger partial charge in [0.05, 0.1) is 6.54 Å². The Hall–Kier alpha value is -1.40. The molecule has 0 aliphatic carbocycles. The van der Waals surface area contributed by atoms with Crippen LogP contribution in [0.25, 0.3) is 0 Å². The van der Waals surface area contributed by atoms with Crippen LogP contribution in [0.3, 0.4) is 0 Å². The van der Waals surface area contributed by atoms with Crippen LogP contribution in [0.2, 0.25) is 0 Å². The average Bonchev–Trinajstić information content (AvgIpc) is 2.22. The molecular formula is C9H16F2N2O3. The van der Waals surface area contributed by atoms with Gasteiger partial charge in [-0.05, 0) is 12.8 Å². The third kappa shape index (κ3) is 4.00. The maximum absolute atomic E-state index is 11.8. The van der Waals surface area contributed by atoms with Crippen LogP contribution in [0.5, 0.6) is 0 Å². The summed E-state index contributed by atoms with van der Waals surface area (Å²) in [7, 11) is 0. The molecule has 0 atom stereocenters. The highest BCUT2D eigenvalue weighted by Gasteiger charge is 2.36. The smallest absolute Gasteiger partial charge is 0.329 e. The monoisotopic (exact) mass is 238 g/mol. The third-order valence-corrected chi connectivity index (χ3v) is 2.39. The molecule has 0 fully saturated rings. The first-order chi connectivity index (χ1) is 7.38. The molecule has 2 amide bonds. The van der Waals surface area contributed by atoms with Crippen LogP contribution >= 0.6 is 0 Å². The molecule has 94 valence electrons. The Morgan fingerprint density at radius 1 is 1.31 bits per heavy atom. The molecule has 0 aromatic carbocycles. The molecule has 0 aliphatic heterocycles. The van der Waals surface area contributed by atoms with Crippen molar-refractivity contribution in [3.05, 3.63) is 0 Å². The van der Waals surface area contributed by atoms with E-state index in [1.54, 1.807) is 13.8 Å². The molecule has 0 heterocycles. The highest BCUT2D eigenvalue weighted by atomic mass is 19.3. The van der Waals surface area contributed by atoms with Gasteiger partial charge in [0.2, 0.25) is 0 Å². The van der Waals surface area contributed by atoms with Gasteiger partial charge in [0.1, 0.15) is 5.54 Å². The minimum Gasteiger partial charge on any atom is -0.480 e. The van der Waals surface area contributed by atoms with Crippen LogP contribution < -0.4 is 10.6 Å². The molecule has 0 saturated carbocycles. The van der Waals surface area contributed by atoms with E-state index in [4.69, 9.17) is 5.11 Å². The summed E-state index contributed by atoms with van der Waals surface area (Å²) in [5, 5.41) is 13.1. The van der Waals surface area contributed by atoms with Crippen molar-refractivity contribution in [3.63, 3.8) is 0 Å². The van der Waals surface area contributed by atoms with Crippen LogP contribution in [0.15, 0.2) is 0 Å². The first kappa shape index (κ1) is 14.6. The van der Waals surface area contributed by atoms with E-state index >= 15 is 0 Å². The van der Waals surface area contributed by atoms with E-state index in [1.807, 2.05) is 5.32 Å². The van der Waals surface area contributed by atoms with E-state index in [0.717, 1.165) is 0 Å². The maximum Gasteiger partial charge on any atom is 0.329 e. The minimum absolute atomic E-state index is 0.181. The molecule has 0 spiro atoms. The molecule has 7 heteroatoms. The Morgan fingerprint density at radius 3 is 2.12 bits per heavy atom. The summed E-state index contributed by atoms with van der Waals surface area (Å²) in [6.45, 7) is 2.41. The summed E-state index contributed by atoms with van der Waals surface area (Å²) >= 11 is 0. The van der Waals surface area contributed by atoms with Crippen molar-refractivity contribution in [3.8, 4) is 0 Å². The highest BCUT2D eigenvalue weighted by molar-refractivity contribution is 5.86. The topological polar surface area (TPSA) is 78.4 Å². The molecular weight excluding hydrogens is 222 g/mol. The van der Waals surface area contributed by atoms with Crippen LogP contribution in [-0.2, 0) is 4.79 Å². The second-order valence-corrected chi connectivity index (χ2v) is 3.32. The van der Waals surface area contributed by atoms with Crippen LogP contribution in [-0.4, -0.2) is 35.6 Å². The van der Waals surface area contributed by atoms with E-state index < -0.39 is 30.5 Å². The lowest BCUT2D eigenvalue weighted by Crippen LogP contribution is -2.56. The summed E-state index contributed by atoms with van der Waals surface area (Å²) in [6.07, 6.45) is -2.30. The molecule has 0 radical (unpaired) electrons. The number of nitrogens with one attached hydrogen (secondary N) is 2. The number of hydrogen-bond donors (Lipinski definition) is 3. The summed E-state index contributed by atoms with van der Waals surface area (Å²) in [5.41, 5.74) is -1.40. The molecule has 0 aromatic rings. The summed E-state index contributed by atoms with van der Waals surface area (Å²) in [4.78, 5) is 22.1. The third-order valence-electron chi connectivity index (χ3n) is 2.39. The lowest BCUT2D eigenvalue weighted by molar-refractivity contribution is -0.144. The predicted octanol–water partition coefficient (Wildman–Crippen LogP) is 1.19. The van der Waals surface area contributed by atoms with E-state index in [9.17, 15) is 18.4 Å². The normalized spacial score (nSPS) is 11.3. The van der Waals surface area contributed by atoms with Crippen molar-refractivity contribution in [2.75, 3.05) is 6.54 Å². The number of carbonyl (C=O) groups excluding carboxylic acids is 1. The largest absolute Gasteiger partial charge is 0.480 e. The van der Waals surface area contributed by atoms with Gasteiger partial charge in [0.15, 0.2) is 0 Å². The number of alkyl halides is 2. The van der Waals surface area contributed by atoms with Gasteiger partial charge in [-0.2, -0.15) is 0 Å².